The lowest BCUT2D eigenvalue weighted by Crippen LogP contribution is -2.41. The van der Waals surface area contributed by atoms with Crippen LogP contribution in [0, 0.1) is 0 Å². The van der Waals surface area contributed by atoms with Crippen molar-refractivity contribution in [2.45, 2.75) is 45.6 Å². The van der Waals surface area contributed by atoms with Crippen LogP contribution in [0.3, 0.4) is 0 Å². The molecule has 3 heteroatoms. The number of rotatable bonds is 7. The maximum Gasteiger partial charge on any atom is 0.0443 e. The predicted molar refractivity (Wildman–Crippen MR) is 68.7 cm³/mol. The third-order valence-electron chi connectivity index (χ3n) is 3.49. The number of nitrogens with zero attached hydrogens (tertiary/aromatic N) is 2. The number of piperidine rings is 1. The zero-order valence-electron chi connectivity index (χ0n) is 11.0. The second kappa shape index (κ2) is 8.04. The van der Waals surface area contributed by atoms with Gasteiger partial charge >= 0.3 is 0 Å². The molecule has 0 aliphatic carbocycles. The number of hydrogen-bond acceptors (Lipinski definition) is 3. The minimum absolute atomic E-state index is 0.312. The maximum absolute atomic E-state index is 8.88. The summed E-state index contributed by atoms with van der Waals surface area (Å²) in [6, 6.07) is 0.594. The topological polar surface area (TPSA) is 26.7 Å². The van der Waals surface area contributed by atoms with Crippen molar-refractivity contribution in [1.82, 2.24) is 9.80 Å². The lowest BCUT2D eigenvalue weighted by Gasteiger charge is -2.31. The summed E-state index contributed by atoms with van der Waals surface area (Å²) in [7, 11) is 0. The van der Waals surface area contributed by atoms with Crippen LogP contribution in [0.4, 0.5) is 0 Å². The number of hydrogen-bond donors (Lipinski definition) is 1. The number of aliphatic hydroxyl groups excluding tert-OH is 1. The molecule has 1 fully saturated rings. The fourth-order valence-electron chi connectivity index (χ4n) is 2.35. The fourth-order valence-corrected chi connectivity index (χ4v) is 2.35. The van der Waals surface area contributed by atoms with Crippen molar-refractivity contribution in [2.24, 2.45) is 0 Å². The van der Waals surface area contributed by atoms with Crippen molar-refractivity contribution in [2.75, 3.05) is 39.3 Å². The van der Waals surface area contributed by atoms with E-state index in [2.05, 4.69) is 23.6 Å². The van der Waals surface area contributed by atoms with Gasteiger partial charge in [0.1, 0.15) is 0 Å². The van der Waals surface area contributed by atoms with E-state index in [0.29, 0.717) is 12.6 Å². The Morgan fingerprint density at radius 1 is 1.12 bits per heavy atom. The molecule has 96 valence electrons. The Balaban J connectivity index is 2.19. The molecular weight excluding hydrogens is 200 g/mol. The maximum atomic E-state index is 8.88. The fraction of sp³-hybridized carbons (Fsp3) is 1.00. The van der Waals surface area contributed by atoms with E-state index in [1.807, 2.05) is 0 Å². The van der Waals surface area contributed by atoms with Crippen LogP contribution in [0.2, 0.25) is 0 Å². The standard InChI is InChI=1S/C13H28N2O/c1-13(2)15(9-6-12-16)11-10-14-7-4-3-5-8-14/h13,16H,3-12H2,1-2H3. The van der Waals surface area contributed by atoms with Crippen LogP contribution in [0.25, 0.3) is 0 Å². The molecule has 1 aliphatic rings. The normalized spacial score (nSPS) is 18.6. The van der Waals surface area contributed by atoms with Gasteiger partial charge in [-0.3, -0.25) is 4.90 Å². The second-order valence-corrected chi connectivity index (χ2v) is 5.11. The van der Waals surface area contributed by atoms with Gasteiger partial charge in [0.15, 0.2) is 0 Å². The molecule has 1 aliphatic heterocycles. The summed E-state index contributed by atoms with van der Waals surface area (Å²) in [6.45, 7) is 10.7. The van der Waals surface area contributed by atoms with Crippen molar-refractivity contribution >= 4 is 0 Å². The van der Waals surface area contributed by atoms with E-state index >= 15 is 0 Å². The lowest BCUT2D eigenvalue weighted by atomic mass is 10.1. The summed E-state index contributed by atoms with van der Waals surface area (Å²) in [5.74, 6) is 0. The van der Waals surface area contributed by atoms with E-state index in [9.17, 15) is 0 Å². The Morgan fingerprint density at radius 2 is 1.81 bits per heavy atom. The van der Waals surface area contributed by atoms with Crippen molar-refractivity contribution in [3.63, 3.8) is 0 Å². The highest BCUT2D eigenvalue weighted by Gasteiger charge is 2.13. The van der Waals surface area contributed by atoms with Crippen LogP contribution < -0.4 is 0 Å². The first kappa shape index (κ1) is 13.9. The molecule has 0 aromatic carbocycles. The molecule has 0 radical (unpaired) electrons. The van der Waals surface area contributed by atoms with Crippen molar-refractivity contribution in [3.8, 4) is 0 Å². The lowest BCUT2D eigenvalue weighted by molar-refractivity contribution is 0.150. The quantitative estimate of drug-likeness (QED) is 0.716. The van der Waals surface area contributed by atoms with Gasteiger partial charge in [-0.1, -0.05) is 6.42 Å². The summed E-state index contributed by atoms with van der Waals surface area (Å²) in [4.78, 5) is 5.06. The highest BCUT2D eigenvalue weighted by molar-refractivity contribution is 4.69. The predicted octanol–water partition coefficient (Wildman–Crippen LogP) is 1.57. The molecule has 1 saturated heterocycles. The van der Waals surface area contributed by atoms with Gasteiger partial charge in [0.05, 0.1) is 0 Å². The Hall–Kier alpha value is -0.120. The van der Waals surface area contributed by atoms with E-state index in [1.165, 1.54) is 38.9 Å². The summed E-state index contributed by atoms with van der Waals surface area (Å²) in [6.07, 6.45) is 5.06. The molecule has 1 rings (SSSR count). The molecular formula is C13H28N2O. The van der Waals surface area contributed by atoms with Crippen molar-refractivity contribution in [3.05, 3.63) is 0 Å². The molecule has 1 heterocycles. The van der Waals surface area contributed by atoms with Crippen LogP contribution in [-0.2, 0) is 0 Å². The molecule has 0 aromatic rings. The van der Waals surface area contributed by atoms with Crippen LogP contribution in [0.5, 0.6) is 0 Å². The number of aliphatic hydroxyl groups is 1. The van der Waals surface area contributed by atoms with Crippen LogP contribution in [0.15, 0.2) is 0 Å². The van der Waals surface area contributed by atoms with Crippen molar-refractivity contribution < 1.29 is 5.11 Å². The van der Waals surface area contributed by atoms with E-state index in [-0.39, 0.29) is 0 Å². The molecule has 0 bridgehead atoms. The minimum Gasteiger partial charge on any atom is -0.396 e. The van der Waals surface area contributed by atoms with Crippen LogP contribution >= 0.6 is 0 Å². The molecule has 0 amide bonds. The number of likely N-dealkylation sites (tertiary alicyclic amines) is 1. The van der Waals surface area contributed by atoms with Crippen LogP contribution in [0.1, 0.15) is 39.5 Å². The van der Waals surface area contributed by atoms with E-state index in [1.54, 1.807) is 0 Å². The van der Waals surface area contributed by atoms with Gasteiger partial charge in [-0.05, 0) is 46.2 Å². The third-order valence-corrected chi connectivity index (χ3v) is 3.49. The van der Waals surface area contributed by atoms with Gasteiger partial charge in [-0.2, -0.15) is 0 Å². The Kier molecular flexibility index (Phi) is 7.01. The molecule has 0 atom stereocenters. The van der Waals surface area contributed by atoms with Gasteiger partial charge in [0, 0.05) is 32.3 Å². The van der Waals surface area contributed by atoms with E-state index < -0.39 is 0 Å². The molecule has 0 spiro atoms. The Morgan fingerprint density at radius 3 is 2.38 bits per heavy atom. The third kappa shape index (κ3) is 5.28. The summed E-state index contributed by atoms with van der Waals surface area (Å²) >= 11 is 0. The highest BCUT2D eigenvalue weighted by Crippen LogP contribution is 2.09. The zero-order valence-corrected chi connectivity index (χ0v) is 11.0. The van der Waals surface area contributed by atoms with E-state index in [0.717, 1.165) is 19.5 Å². The van der Waals surface area contributed by atoms with Gasteiger partial charge in [0.2, 0.25) is 0 Å². The molecule has 16 heavy (non-hydrogen) atoms. The Bertz CT molecular complexity index is 167. The minimum atomic E-state index is 0.312. The van der Waals surface area contributed by atoms with E-state index in [4.69, 9.17) is 5.11 Å². The highest BCUT2D eigenvalue weighted by atomic mass is 16.3. The first-order valence-corrected chi connectivity index (χ1v) is 6.81. The summed E-state index contributed by atoms with van der Waals surface area (Å²) in [5.41, 5.74) is 0. The molecule has 3 nitrogen and oxygen atoms in total. The van der Waals surface area contributed by atoms with Crippen molar-refractivity contribution in [1.29, 1.82) is 0 Å². The van der Waals surface area contributed by atoms with Gasteiger partial charge in [-0.25, -0.2) is 0 Å². The van der Waals surface area contributed by atoms with Gasteiger partial charge in [0.25, 0.3) is 0 Å². The first-order chi connectivity index (χ1) is 7.74. The van der Waals surface area contributed by atoms with Crippen LogP contribution in [-0.4, -0.2) is 60.3 Å². The smallest absolute Gasteiger partial charge is 0.0443 e. The van der Waals surface area contributed by atoms with Gasteiger partial charge in [-0.15, -0.1) is 0 Å². The second-order valence-electron chi connectivity index (χ2n) is 5.11. The summed E-state index contributed by atoms with van der Waals surface area (Å²) < 4.78 is 0. The average Bonchev–Trinajstić information content (AvgIpc) is 2.30. The molecule has 0 aromatic heterocycles. The van der Waals surface area contributed by atoms with Gasteiger partial charge < -0.3 is 10.0 Å². The summed E-state index contributed by atoms with van der Waals surface area (Å²) in [5, 5.41) is 8.88. The SMILES string of the molecule is CC(C)N(CCCO)CCN1CCCCC1. The molecule has 0 saturated carbocycles. The first-order valence-electron chi connectivity index (χ1n) is 6.81. The molecule has 0 unspecified atom stereocenters. The largest absolute Gasteiger partial charge is 0.396 e. The Labute approximate surface area is 100 Å². The monoisotopic (exact) mass is 228 g/mol. The zero-order chi connectivity index (χ0) is 11.8. The molecule has 1 N–H and O–H groups in total. The average molecular weight is 228 g/mol.